The quantitative estimate of drug-likeness (QED) is 0.895. The molecule has 4 heteroatoms. The number of aryl methyl sites for hydroxylation is 1. The van der Waals surface area contributed by atoms with Gasteiger partial charge < -0.3 is 9.73 Å². The Morgan fingerprint density at radius 3 is 2.58 bits per heavy atom. The van der Waals surface area contributed by atoms with Crippen molar-refractivity contribution in [2.45, 2.75) is 53.2 Å². The topological polar surface area (TPSA) is 43.0 Å². The van der Waals surface area contributed by atoms with Crippen LogP contribution in [0.3, 0.4) is 0 Å². The predicted molar refractivity (Wildman–Crippen MR) is 77.0 cm³/mol. The maximum absolute atomic E-state index is 5.88. The standard InChI is InChI=1S/C15H23N3O/c1-10(2)16-8-13-6-7-15(19-13)14-9-18(11(3)4)17-12(14)5/h6-7,9-11,16H,8H2,1-5H3. The Balaban J connectivity index is 2.18. The molecule has 2 rings (SSSR count). The first-order chi connectivity index (χ1) is 8.97. The van der Waals surface area contributed by atoms with Crippen LogP contribution in [0.1, 0.15) is 45.2 Å². The van der Waals surface area contributed by atoms with E-state index in [2.05, 4.69) is 44.3 Å². The van der Waals surface area contributed by atoms with Crippen molar-refractivity contribution in [1.29, 1.82) is 0 Å². The molecule has 0 aliphatic carbocycles. The van der Waals surface area contributed by atoms with Crippen LogP contribution in [0.2, 0.25) is 0 Å². The van der Waals surface area contributed by atoms with E-state index in [4.69, 9.17) is 4.42 Å². The van der Waals surface area contributed by atoms with Crippen LogP contribution in [0.5, 0.6) is 0 Å². The van der Waals surface area contributed by atoms with Crippen molar-refractivity contribution in [2.75, 3.05) is 0 Å². The molecule has 0 spiro atoms. The molecule has 0 aliphatic rings. The molecule has 0 saturated heterocycles. The maximum Gasteiger partial charge on any atom is 0.137 e. The van der Waals surface area contributed by atoms with E-state index in [1.807, 2.05) is 23.7 Å². The number of hydrogen-bond acceptors (Lipinski definition) is 3. The molecule has 0 saturated carbocycles. The van der Waals surface area contributed by atoms with Crippen LogP contribution in [-0.4, -0.2) is 15.8 Å². The van der Waals surface area contributed by atoms with Crippen molar-refractivity contribution in [3.63, 3.8) is 0 Å². The highest BCUT2D eigenvalue weighted by Gasteiger charge is 2.12. The number of rotatable bonds is 5. The molecule has 2 aromatic heterocycles. The van der Waals surface area contributed by atoms with E-state index in [0.29, 0.717) is 12.1 Å². The number of nitrogens with zero attached hydrogens (tertiary/aromatic N) is 2. The number of furan rings is 1. The first kappa shape index (κ1) is 13.9. The summed E-state index contributed by atoms with van der Waals surface area (Å²) in [5, 5.41) is 7.86. The largest absolute Gasteiger partial charge is 0.460 e. The SMILES string of the molecule is Cc1nn(C(C)C)cc1-c1ccc(CNC(C)C)o1. The first-order valence-electron chi connectivity index (χ1n) is 6.85. The zero-order valence-electron chi connectivity index (χ0n) is 12.4. The van der Waals surface area contributed by atoms with Crippen molar-refractivity contribution < 1.29 is 4.42 Å². The number of hydrogen-bond donors (Lipinski definition) is 1. The van der Waals surface area contributed by atoms with Gasteiger partial charge in [-0.15, -0.1) is 0 Å². The van der Waals surface area contributed by atoms with Gasteiger partial charge in [-0.05, 0) is 32.9 Å². The molecule has 1 N–H and O–H groups in total. The molecule has 0 radical (unpaired) electrons. The van der Waals surface area contributed by atoms with Crippen molar-refractivity contribution in [3.05, 3.63) is 29.8 Å². The highest BCUT2D eigenvalue weighted by atomic mass is 16.3. The normalized spacial score (nSPS) is 11.7. The third-order valence-corrected chi connectivity index (χ3v) is 3.06. The molecular formula is C15H23N3O. The summed E-state index contributed by atoms with van der Waals surface area (Å²) in [6, 6.07) is 4.87. The van der Waals surface area contributed by atoms with Gasteiger partial charge in [0.15, 0.2) is 0 Å². The zero-order valence-corrected chi connectivity index (χ0v) is 12.4. The Labute approximate surface area is 114 Å². The molecule has 0 amide bonds. The fourth-order valence-electron chi connectivity index (χ4n) is 1.91. The Kier molecular flexibility index (Phi) is 4.10. The maximum atomic E-state index is 5.88. The highest BCUT2D eigenvalue weighted by Crippen LogP contribution is 2.26. The van der Waals surface area contributed by atoms with Crippen LogP contribution < -0.4 is 5.32 Å². The lowest BCUT2D eigenvalue weighted by atomic mass is 10.2. The van der Waals surface area contributed by atoms with Gasteiger partial charge in [-0.3, -0.25) is 4.68 Å². The summed E-state index contributed by atoms with van der Waals surface area (Å²) in [4.78, 5) is 0. The van der Waals surface area contributed by atoms with Gasteiger partial charge in [0, 0.05) is 18.3 Å². The van der Waals surface area contributed by atoms with Crippen LogP contribution in [0.4, 0.5) is 0 Å². The van der Waals surface area contributed by atoms with Crippen LogP contribution in [0.25, 0.3) is 11.3 Å². The second-order valence-electron chi connectivity index (χ2n) is 5.50. The van der Waals surface area contributed by atoms with Gasteiger partial charge >= 0.3 is 0 Å². The first-order valence-corrected chi connectivity index (χ1v) is 6.85. The van der Waals surface area contributed by atoms with Gasteiger partial charge in [0.1, 0.15) is 11.5 Å². The van der Waals surface area contributed by atoms with E-state index >= 15 is 0 Å². The van der Waals surface area contributed by atoms with E-state index in [-0.39, 0.29) is 0 Å². The molecule has 4 nitrogen and oxygen atoms in total. The number of aromatic nitrogens is 2. The van der Waals surface area contributed by atoms with E-state index in [1.165, 1.54) is 0 Å². The minimum Gasteiger partial charge on any atom is -0.460 e. The van der Waals surface area contributed by atoms with Crippen LogP contribution in [0, 0.1) is 6.92 Å². The van der Waals surface area contributed by atoms with Crippen molar-refractivity contribution >= 4 is 0 Å². The fourth-order valence-corrected chi connectivity index (χ4v) is 1.91. The van der Waals surface area contributed by atoms with E-state index in [0.717, 1.165) is 29.3 Å². The Bertz CT molecular complexity index is 537. The average Bonchev–Trinajstić information content (AvgIpc) is 2.92. The molecule has 0 atom stereocenters. The summed E-state index contributed by atoms with van der Waals surface area (Å²) in [7, 11) is 0. The number of nitrogens with one attached hydrogen (secondary N) is 1. The Morgan fingerprint density at radius 2 is 2.00 bits per heavy atom. The summed E-state index contributed by atoms with van der Waals surface area (Å²) < 4.78 is 7.85. The van der Waals surface area contributed by atoms with Crippen LogP contribution in [0.15, 0.2) is 22.7 Å². The molecule has 19 heavy (non-hydrogen) atoms. The summed E-state index contributed by atoms with van der Waals surface area (Å²) in [5.74, 6) is 1.85. The molecule has 0 fully saturated rings. The smallest absolute Gasteiger partial charge is 0.137 e. The third kappa shape index (κ3) is 3.26. The van der Waals surface area contributed by atoms with E-state index in [9.17, 15) is 0 Å². The van der Waals surface area contributed by atoms with Gasteiger partial charge in [0.05, 0.1) is 17.8 Å². The molecule has 0 bridgehead atoms. The highest BCUT2D eigenvalue weighted by molar-refractivity contribution is 5.59. The van der Waals surface area contributed by atoms with Crippen molar-refractivity contribution in [3.8, 4) is 11.3 Å². The predicted octanol–water partition coefficient (Wildman–Crippen LogP) is 3.53. The zero-order chi connectivity index (χ0) is 14.0. The third-order valence-electron chi connectivity index (χ3n) is 3.06. The minimum atomic E-state index is 0.365. The molecule has 0 unspecified atom stereocenters. The van der Waals surface area contributed by atoms with Gasteiger partial charge in [-0.2, -0.15) is 5.10 Å². The lowest BCUT2D eigenvalue weighted by molar-refractivity contribution is 0.473. The molecule has 0 aliphatic heterocycles. The molecule has 104 valence electrons. The summed E-state index contributed by atoms with van der Waals surface area (Å²) in [5.41, 5.74) is 2.08. The summed E-state index contributed by atoms with van der Waals surface area (Å²) in [6.07, 6.45) is 2.05. The van der Waals surface area contributed by atoms with Gasteiger partial charge in [-0.25, -0.2) is 0 Å². The second-order valence-corrected chi connectivity index (χ2v) is 5.50. The van der Waals surface area contributed by atoms with Gasteiger partial charge in [-0.1, -0.05) is 13.8 Å². The van der Waals surface area contributed by atoms with Crippen molar-refractivity contribution in [2.24, 2.45) is 0 Å². The lowest BCUT2D eigenvalue weighted by Gasteiger charge is -2.05. The monoisotopic (exact) mass is 261 g/mol. The summed E-state index contributed by atoms with van der Waals surface area (Å²) in [6.45, 7) is 11.3. The molecule has 2 aromatic rings. The molecule has 2 heterocycles. The van der Waals surface area contributed by atoms with Crippen LogP contribution in [-0.2, 0) is 6.54 Å². The Hall–Kier alpha value is -1.55. The Morgan fingerprint density at radius 1 is 1.26 bits per heavy atom. The average molecular weight is 261 g/mol. The summed E-state index contributed by atoms with van der Waals surface area (Å²) >= 11 is 0. The van der Waals surface area contributed by atoms with Gasteiger partial charge in [0.25, 0.3) is 0 Å². The van der Waals surface area contributed by atoms with E-state index < -0.39 is 0 Å². The van der Waals surface area contributed by atoms with Crippen LogP contribution >= 0.6 is 0 Å². The van der Waals surface area contributed by atoms with Gasteiger partial charge in [0.2, 0.25) is 0 Å². The molecular weight excluding hydrogens is 238 g/mol. The second kappa shape index (κ2) is 5.61. The van der Waals surface area contributed by atoms with Crippen molar-refractivity contribution in [1.82, 2.24) is 15.1 Å². The fraction of sp³-hybridized carbons (Fsp3) is 0.533. The molecule has 0 aromatic carbocycles. The lowest BCUT2D eigenvalue weighted by Crippen LogP contribution is -2.21. The van der Waals surface area contributed by atoms with E-state index in [1.54, 1.807) is 0 Å². The minimum absolute atomic E-state index is 0.365.